The molecule has 0 saturated carbocycles. The minimum Gasteiger partial charge on any atom is -0.496 e. The molecule has 0 heterocycles. The number of hydrogen-bond acceptors (Lipinski definition) is 4. The van der Waals surface area contributed by atoms with Gasteiger partial charge in [0.15, 0.2) is 0 Å². The molecule has 0 radical (unpaired) electrons. The summed E-state index contributed by atoms with van der Waals surface area (Å²) in [6.45, 7) is 5.97. The highest BCUT2D eigenvalue weighted by Gasteiger charge is 2.10. The molecule has 0 aliphatic carbocycles. The molecule has 1 aromatic rings. The number of carbonyl (C=O) groups excluding carboxylic acids is 1. The third-order valence-electron chi connectivity index (χ3n) is 2.56. The van der Waals surface area contributed by atoms with Gasteiger partial charge < -0.3 is 14.8 Å². The number of carbonyl (C=O) groups is 1. The van der Waals surface area contributed by atoms with Gasteiger partial charge in [-0.2, -0.15) is 0 Å². The summed E-state index contributed by atoms with van der Waals surface area (Å²) < 4.78 is 10.2. The molecule has 0 aliphatic heterocycles. The van der Waals surface area contributed by atoms with Gasteiger partial charge in [0.1, 0.15) is 5.75 Å². The van der Waals surface area contributed by atoms with E-state index in [1.54, 1.807) is 14.0 Å². The van der Waals surface area contributed by atoms with Crippen molar-refractivity contribution in [1.82, 2.24) is 5.32 Å². The van der Waals surface area contributed by atoms with Crippen LogP contribution in [0.2, 0.25) is 0 Å². The predicted molar refractivity (Wildman–Crippen MR) is 70.7 cm³/mol. The Morgan fingerprint density at radius 3 is 2.72 bits per heavy atom. The Morgan fingerprint density at radius 2 is 2.11 bits per heavy atom. The summed E-state index contributed by atoms with van der Waals surface area (Å²) in [6, 6.07) is 5.87. The van der Waals surface area contributed by atoms with E-state index in [0.29, 0.717) is 6.61 Å². The van der Waals surface area contributed by atoms with Gasteiger partial charge in [0, 0.05) is 12.1 Å². The first-order valence-electron chi connectivity index (χ1n) is 6.23. The zero-order chi connectivity index (χ0) is 13.4. The van der Waals surface area contributed by atoms with Gasteiger partial charge >= 0.3 is 5.97 Å². The van der Waals surface area contributed by atoms with E-state index in [0.717, 1.165) is 30.0 Å². The Morgan fingerprint density at radius 1 is 1.33 bits per heavy atom. The Bertz CT molecular complexity index is 391. The van der Waals surface area contributed by atoms with Crippen LogP contribution in [0.5, 0.6) is 5.75 Å². The van der Waals surface area contributed by atoms with Crippen LogP contribution in [0.15, 0.2) is 18.2 Å². The molecule has 0 unspecified atom stereocenters. The number of esters is 1. The average Bonchev–Trinajstić information content (AvgIpc) is 2.37. The summed E-state index contributed by atoms with van der Waals surface area (Å²) in [5.74, 6) is 0.500. The normalized spacial score (nSPS) is 10.2. The maximum absolute atomic E-state index is 11.5. The molecule has 0 aromatic heterocycles. The molecule has 0 aliphatic rings. The van der Waals surface area contributed by atoms with E-state index in [-0.39, 0.29) is 12.4 Å². The molecule has 1 aromatic carbocycles. The number of benzene rings is 1. The van der Waals surface area contributed by atoms with Crippen molar-refractivity contribution in [3.63, 3.8) is 0 Å². The third-order valence-corrected chi connectivity index (χ3v) is 2.56. The average molecular weight is 251 g/mol. The second-order valence-electron chi connectivity index (χ2n) is 3.91. The fourth-order valence-corrected chi connectivity index (χ4v) is 1.72. The van der Waals surface area contributed by atoms with E-state index in [1.165, 1.54) is 0 Å². The molecule has 0 atom stereocenters. The van der Waals surface area contributed by atoms with Crippen LogP contribution < -0.4 is 10.1 Å². The molecule has 4 nitrogen and oxygen atoms in total. The summed E-state index contributed by atoms with van der Waals surface area (Å²) in [7, 11) is 1.61. The van der Waals surface area contributed by atoms with E-state index in [4.69, 9.17) is 9.47 Å². The molecule has 100 valence electrons. The molecule has 0 fully saturated rings. The Balaban J connectivity index is 2.81. The first-order chi connectivity index (χ1) is 8.71. The lowest BCUT2D eigenvalue weighted by Gasteiger charge is -2.10. The van der Waals surface area contributed by atoms with Gasteiger partial charge in [-0.1, -0.05) is 19.1 Å². The number of hydrogen-bond donors (Lipinski definition) is 1. The maximum Gasteiger partial charge on any atom is 0.310 e. The minimum absolute atomic E-state index is 0.226. The highest BCUT2D eigenvalue weighted by atomic mass is 16.5. The lowest BCUT2D eigenvalue weighted by atomic mass is 10.1. The van der Waals surface area contributed by atoms with Crippen LogP contribution in [0.25, 0.3) is 0 Å². The van der Waals surface area contributed by atoms with Crippen molar-refractivity contribution < 1.29 is 14.3 Å². The summed E-state index contributed by atoms with van der Waals surface area (Å²) in [5, 5.41) is 3.25. The number of rotatable bonds is 7. The molecular weight excluding hydrogens is 230 g/mol. The van der Waals surface area contributed by atoms with E-state index in [2.05, 4.69) is 12.2 Å². The lowest BCUT2D eigenvalue weighted by Crippen LogP contribution is -2.13. The molecule has 0 saturated heterocycles. The standard InChI is InChI=1S/C14H21NO3/c1-4-15-10-11-6-7-13(17-3)12(8-11)9-14(16)18-5-2/h6-8,15H,4-5,9-10H2,1-3H3. The van der Waals surface area contributed by atoms with E-state index < -0.39 is 0 Å². The van der Waals surface area contributed by atoms with E-state index in [1.807, 2.05) is 18.2 Å². The Hall–Kier alpha value is -1.55. The lowest BCUT2D eigenvalue weighted by molar-refractivity contribution is -0.142. The number of methoxy groups -OCH3 is 1. The summed E-state index contributed by atoms with van der Waals surface area (Å²) in [6.07, 6.45) is 0.247. The smallest absolute Gasteiger partial charge is 0.310 e. The first-order valence-corrected chi connectivity index (χ1v) is 6.23. The molecule has 18 heavy (non-hydrogen) atoms. The molecule has 1 rings (SSSR count). The van der Waals surface area contributed by atoms with Gasteiger partial charge in [-0.05, 0) is 25.1 Å². The van der Waals surface area contributed by atoms with Crippen molar-refractivity contribution in [3.8, 4) is 5.75 Å². The van der Waals surface area contributed by atoms with Crippen LogP contribution >= 0.6 is 0 Å². The Labute approximate surface area is 108 Å². The largest absolute Gasteiger partial charge is 0.496 e. The number of nitrogens with one attached hydrogen (secondary N) is 1. The van der Waals surface area contributed by atoms with Gasteiger partial charge in [0.05, 0.1) is 20.1 Å². The van der Waals surface area contributed by atoms with Gasteiger partial charge in [-0.25, -0.2) is 0 Å². The molecule has 4 heteroatoms. The van der Waals surface area contributed by atoms with Crippen molar-refractivity contribution in [1.29, 1.82) is 0 Å². The topological polar surface area (TPSA) is 47.6 Å². The monoisotopic (exact) mass is 251 g/mol. The fraction of sp³-hybridized carbons (Fsp3) is 0.500. The summed E-state index contributed by atoms with van der Waals surface area (Å²) in [4.78, 5) is 11.5. The van der Waals surface area contributed by atoms with Crippen LogP contribution in [0.3, 0.4) is 0 Å². The van der Waals surface area contributed by atoms with Gasteiger partial charge in [-0.3, -0.25) is 4.79 Å². The second-order valence-corrected chi connectivity index (χ2v) is 3.91. The number of ether oxygens (including phenoxy) is 2. The molecule has 1 N–H and O–H groups in total. The van der Waals surface area contributed by atoms with Crippen LogP contribution in [0.1, 0.15) is 25.0 Å². The second kappa shape index (κ2) is 7.71. The van der Waals surface area contributed by atoms with E-state index in [9.17, 15) is 4.79 Å². The van der Waals surface area contributed by atoms with Crippen LogP contribution in [-0.4, -0.2) is 26.2 Å². The molecular formula is C14H21NO3. The summed E-state index contributed by atoms with van der Waals surface area (Å²) in [5.41, 5.74) is 2.00. The zero-order valence-corrected chi connectivity index (χ0v) is 11.3. The van der Waals surface area contributed by atoms with Crippen molar-refractivity contribution in [3.05, 3.63) is 29.3 Å². The van der Waals surface area contributed by atoms with Gasteiger partial charge in [0.25, 0.3) is 0 Å². The maximum atomic E-state index is 11.5. The fourth-order valence-electron chi connectivity index (χ4n) is 1.72. The highest BCUT2D eigenvalue weighted by molar-refractivity contribution is 5.73. The van der Waals surface area contributed by atoms with Crippen molar-refractivity contribution in [2.75, 3.05) is 20.3 Å². The van der Waals surface area contributed by atoms with Gasteiger partial charge in [-0.15, -0.1) is 0 Å². The van der Waals surface area contributed by atoms with Gasteiger partial charge in [0.2, 0.25) is 0 Å². The zero-order valence-electron chi connectivity index (χ0n) is 11.3. The van der Waals surface area contributed by atoms with Crippen molar-refractivity contribution in [2.24, 2.45) is 0 Å². The summed E-state index contributed by atoms with van der Waals surface area (Å²) >= 11 is 0. The predicted octanol–water partition coefficient (Wildman–Crippen LogP) is 1.91. The molecule has 0 amide bonds. The SMILES string of the molecule is CCNCc1ccc(OC)c(CC(=O)OCC)c1. The van der Waals surface area contributed by atoms with E-state index >= 15 is 0 Å². The Kier molecular flexibility index (Phi) is 6.22. The quantitative estimate of drug-likeness (QED) is 0.752. The third kappa shape index (κ3) is 4.37. The molecule has 0 spiro atoms. The highest BCUT2D eigenvalue weighted by Crippen LogP contribution is 2.20. The van der Waals surface area contributed by atoms with Crippen LogP contribution in [-0.2, 0) is 22.5 Å². The van der Waals surface area contributed by atoms with Crippen molar-refractivity contribution >= 4 is 5.97 Å². The van der Waals surface area contributed by atoms with Crippen molar-refractivity contribution in [2.45, 2.75) is 26.8 Å². The first kappa shape index (κ1) is 14.5. The minimum atomic E-state index is -0.226. The molecule has 0 bridgehead atoms. The van der Waals surface area contributed by atoms with Crippen LogP contribution in [0, 0.1) is 0 Å². The van der Waals surface area contributed by atoms with Crippen LogP contribution in [0.4, 0.5) is 0 Å².